The Bertz CT molecular complexity index is 793. The molecule has 2 aromatic carbocycles. The average Bonchev–Trinajstić information content (AvgIpc) is 2.78. The molecule has 0 spiro atoms. The summed E-state index contributed by atoms with van der Waals surface area (Å²) in [6, 6.07) is 16.9. The molecule has 34 heavy (non-hydrogen) atoms. The molecular weight excluding hydrogens is 420 g/mol. The zero-order chi connectivity index (χ0) is 25.4. The molecule has 0 aliphatic carbocycles. The third-order valence-electron chi connectivity index (χ3n) is 6.41. The van der Waals surface area contributed by atoms with Crippen molar-refractivity contribution in [1.29, 1.82) is 0 Å². The number of benzene rings is 2. The van der Waals surface area contributed by atoms with Crippen LogP contribution < -0.4 is 0 Å². The van der Waals surface area contributed by atoms with Crippen molar-refractivity contribution in [3.63, 3.8) is 0 Å². The van der Waals surface area contributed by atoms with E-state index in [0.717, 1.165) is 49.7 Å². The van der Waals surface area contributed by atoms with Crippen LogP contribution >= 0.6 is 0 Å². The second kappa shape index (κ2) is 12.4. The molecule has 2 unspecified atom stereocenters. The first kappa shape index (κ1) is 28.0. The number of unbranched alkanes of at least 4 members (excludes halogenated alkanes) is 2. The van der Waals surface area contributed by atoms with E-state index >= 15 is 0 Å². The average molecular weight is 467 g/mol. The number of hydrogen-bond donors (Lipinski definition) is 0. The van der Waals surface area contributed by atoms with E-state index in [1.54, 1.807) is 0 Å². The first-order valence-corrected chi connectivity index (χ1v) is 13.0. The lowest BCUT2D eigenvalue weighted by molar-refractivity contribution is -0.00851. The highest BCUT2D eigenvalue weighted by atomic mass is 16.7. The van der Waals surface area contributed by atoms with E-state index in [1.165, 1.54) is 11.1 Å². The molecule has 2 atom stereocenters. The Labute approximate surface area is 208 Å². The van der Waals surface area contributed by atoms with Crippen molar-refractivity contribution >= 4 is 6.16 Å². The summed E-state index contributed by atoms with van der Waals surface area (Å²) in [7, 11) is 0. The summed E-state index contributed by atoms with van der Waals surface area (Å²) < 4.78 is 11.8. The summed E-state index contributed by atoms with van der Waals surface area (Å²) in [5.41, 5.74) is 4.77. The van der Waals surface area contributed by atoms with Crippen LogP contribution in [0.25, 0.3) is 0 Å². The van der Waals surface area contributed by atoms with Crippen LogP contribution in [0.4, 0.5) is 4.79 Å². The maximum absolute atomic E-state index is 12.9. The third kappa shape index (κ3) is 8.49. The van der Waals surface area contributed by atoms with Crippen molar-refractivity contribution in [2.75, 3.05) is 0 Å². The summed E-state index contributed by atoms with van der Waals surface area (Å²) in [5.74, 6) is 0. The van der Waals surface area contributed by atoms with E-state index < -0.39 is 6.16 Å². The Balaban J connectivity index is 2.16. The lowest BCUT2D eigenvalue weighted by Crippen LogP contribution is -2.17. The quantitative estimate of drug-likeness (QED) is 0.327. The Morgan fingerprint density at radius 2 is 0.971 bits per heavy atom. The summed E-state index contributed by atoms with van der Waals surface area (Å²) in [4.78, 5) is 12.9. The van der Waals surface area contributed by atoms with Gasteiger partial charge < -0.3 is 9.47 Å². The molecule has 188 valence electrons. The monoisotopic (exact) mass is 466 g/mol. The topological polar surface area (TPSA) is 35.5 Å². The maximum Gasteiger partial charge on any atom is 0.509 e. The molecule has 0 saturated heterocycles. The molecule has 0 saturated carbocycles. The van der Waals surface area contributed by atoms with Gasteiger partial charge in [0.25, 0.3) is 0 Å². The minimum atomic E-state index is -0.581. The number of ether oxygens (including phenoxy) is 2. The van der Waals surface area contributed by atoms with Gasteiger partial charge in [-0.1, -0.05) is 117 Å². The van der Waals surface area contributed by atoms with E-state index in [0.29, 0.717) is 0 Å². The minimum absolute atomic E-state index is 0.0896. The molecule has 0 radical (unpaired) electrons. The van der Waals surface area contributed by atoms with Gasteiger partial charge in [0.05, 0.1) is 0 Å². The normalized spacial score (nSPS) is 13.9. The molecule has 0 N–H and O–H groups in total. The van der Waals surface area contributed by atoms with E-state index in [1.807, 2.05) is 0 Å². The van der Waals surface area contributed by atoms with Gasteiger partial charge in [-0.05, 0) is 58.8 Å². The third-order valence-corrected chi connectivity index (χ3v) is 6.41. The standard InChI is InChI=1S/C31H46O3/c1-9-11-13-27(23-15-19-25(20-16-23)30(3,4)5)33-29(32)34-28(14-12-10-2)24-17-21-26(22-18-24)31(6,7)8/h15-22,27-28H,9-14H2,1-8H3. The summed E-state index contributed by atoms with van der Waals surface area (Å²) in [6.07, 6.45) is 4.50. The van der Waals surface area contributed by atoms with Crippen LogP contribution in [0.1, 0.15) is 128 Å². The smallest absolute Gasteiger partial charge is 0.426 e. The number of rotatable bonds is 10. The van der Waals surface area contributed by atoms with Crippen molar-refractivity contribution < 1.29 is 14.3 Å². The highest BCUT2D eigenvalue weighted by Gasteiger charge is 2.23. The van der Waals surface area contributed by atoms with Gasteiger partial charge in [0, 0.05) is 0 Å². The van der Waals surface area contributed by atoms with Crippen LogP contribution in [0, 0.1) is 0 Å². The number of carbonyl (C=O) groups is 1. The molecule has 2 rings (SSSR count). The van der Waals surface area contributed by atoms with Crippen molar-refractivity contribution in [3.05, 3.63) is 70.8 Å². The lowest BCUT2D eigenvalue weighted by Gasteiger charge is -2.24. The number of carbonyl (C=O) groups excluding carboxylic acids is 1. The fourth-order valence-corrected chi connectivity index (χ4v) is 4.02. The molecule has 0 bridgehead atoms. The Kier molecular flexibility index (Phi) is 10.2. The van der Waals surface area contributed by atoms with Gasteiger partial charge in [-0.2, -0.15) is 0 Å². The first-order valence-electron chi connectivity index (χ1n) is 13.0. The van der Waals surface area contributed by atoms with E-state index in [9.17, 15) is 4.79 Å². The van der Waals surface area contributed by atoms with Crippen LogP contribution in [-0.4, -0.2) is 6.16 Å². The molecule has 0 aliphatic heterocycles. The molecule has 3 nitrogen and oxygen atoms in total. The van der Waals surface area contributed by atoms with Crippen LogP contribution in [-0.2, 0) is 20.3 Å². The predicted octanol–water partition coefficient (Wildman–Crippen LogP) is 9.60. The largest absolute Gasteiger partial charge is 0.509 e. The number of hydrogen-bond acceptors (Lipinski definition) is 3. The van der Waals surface area contributed by atoms with Gasteiger partial charge in [-0.25, -0.2) is 4.79 Å². The van der Waals surface area contributed by atoms with Gasteiger partial charge in [0.15, 0.2) is 0 Å². The van der Waals surface area contributed by atoms with Gasteiger partial charge in [0.1, 0.15) is 12.2 Å². The van der Waals surface area contributed by atoms with Gasteiger partial charge in [-0.3, -0.25) is 0 Å². The zero-order valence-corrected chi connectivity index (χ0v) is 22.7. The van der Waals surface area contributed by atoms with Crippen molar-refractivity contribution in [3.8, 4) is 0 Å². The maximum atomic E-state index is 12.9. The fraction of sp³-hybridized carbons (Fsp3) is 0.581. The lowest BCUT2D eigenvalue weighted by atomic mass is 9.86. The summed E-state index contributed by atoms with van der Waals surface area (Å²) >= 11 is 0. The predicted molar refractivity (Wildman–Crippen MR) is 142 cm³/mol. The van der Waals surface area contributed by atoms with Crippen LogP contribution in [0.3, 0.4) is 0 Å². The first-order chi connectivity index (χ1) is 16.0. The zero-order valence-electron chi connectivity index (χ0n) is 22.7. The van der Waals surface area contributed by atoms with E-state index in [4.69, 9.17) is 9.47 Å². The minimum Gasteiger partial charge on any atom is -0.426 e. The molecule has 0 aliphatic rings. The molecule has 0 aromatic heterocycles. The molecule has 3 heteroatoms. The summed E-state index contributed by atoms with van der Waals surface area (Å²) in [6.45, 7) is 17.5. The molecule has 0 fully saturated rings. The van der Waals surface area contributed by atoms with E-state index in [2.05, 4.69) is 104 Å². The van der Waals surface area contributed by atoms with Crippen LogP contribution in [0.5, 0.6) is 0 Å². The van der Waals surface area contributed by atoms with Crippen molar-refractivity contribution in [2.24, 2.45) is 0 Å². The second-order valence-electron chi connectivity index (χ2n) is 11.5. The van der Waals surface area contributed by atoms with Crippen LogP contribution in [0.15, 0.2) is 48.5 Å². The van der Waals surface area contributed by atoms with E-state index in [-0.39, 0.29) is 23.0 Å². The van der Waals surface area contributed by atoms with Gasteiger partial charge >= 0.3 is 6.16 Å². The highest BCUT2D eigenvalue weighted by molar-refractivity contribution is 5.61. The summed E-state index contributed by atoms with van der Waals surface area (Å²) in [5, 5.41) is 0. The molecule has 0 amide bonds. The molecule has 0 heterocycles. The van der Waals surface area contributed by atoms with Crippen molar-refractivity contribution in [2.45, 2.75) is 117 Å². The van der Waals surface area contributed by atoms with Crippen molar-refractivity contribution in [1.82, 2.24) is 0 Å². The van der Waals surface area contributed by atoms with Gasteiger partial charge in [-0.15, -0.1) is 0 Å². The molecule has 2 aromatic rings. The van der Waals surface area contributed by atoms with Crippen LogP contribution in [0.2, 0.25) is 0 Å². The SMILES string of the molecule is CCCCC(OC(=O)OC(CCCC)c1ccc(C(C)(C)C)cc1)c1ccc(C(C)(C)C)cc1. The van der Waals surface area contributed by atoms with Gasteiger partial charge in [0.2, 0.25) is 0 Å². The Hall–Kier alpha value is -2.29. The Morgan fingerprint density at radius 1 is 0.647 bits per heavy atom. The molecular formula is C31H46O3. The fourth-order valence-electron chi connectivity index (χ4n) is 4.02. The highest BCUT2D eigenvalue weighted by Crippen LogP contribution is 2.31. The Morgan fingerprint density at radius 3 is 1.24 bits per heavy atom. The second-order valence-corrected chi connectivity index (χ2v) is 11.5.